The fourth-order valence-corrected chi connectivity index (χ4v) is 1.78. The molecule has 0 saturated heterocycles. The fourth-order valence-electron chi connectivity index (χ4n) is 1.78. The molecule has 1 rings (SSSR count). The molecule has 1 aromatic carbocycles. The molecule has 98 valence electrons. The predicted molar refractivity (Wildman–Crippen MR) is 72.4 cm³/mol. The molecule has 0 aliphatic rings. The third-order valence-corrected chi connectivity index (χ3v) is 2.60. The van der Waals surface area contributed by atoms with Gasteiger partial charge in [0, 0.05) is 13.3 Å². The minimum Gasteiger partial charge on any atom is -0.349 e. The number of Topliss-reactive ketones (excluding diaryl/α,β-unsaturated/α-hetero) is 1. The molecule has 0 spiro atoms. The van der Waals surface area contributed by atoms with Crippen molar-refractivity contribution in [1.82, 2.24) is 5.32 Å². The molecule has 0 bridgehead atoms. The average Bonchev–Trinajstić information content (AvgIpc) is 2.28. The van der Waals surface area contributed by atoms with Gasteiger partial charge in [0.1, 0.15) is 0 Å². The summed E-state index contributed by atoms with van der Waals surface area (Å²) in [4.78, 5) is 22.2. The van der Waals surface area contributed by atoms with E-state index in [1.165, 1.54) is 12.5 Å². The van der Waals surface area contributed by atoms with Crippen molar-refractivity contribution in [2.75, 3.05) is 6.54 Å². The van der Waals surface area contributed by atoms with E-state index in [4.69, 9.17) is 0 Å². The van der Waals surface area contributed by atoms with Gasteiger partial charge in [0.25, 0.3) is 0 Å². The van der Waals surface area contributed by atoms with Crippen LogP contribution in [0.4, 0.5) is 0 Å². The highest BCUT2D eigenvalue weighted by Crippen LogP contribution is 2.10. The van der Waals surface area contributed by atoms with Gasteiger partial charge >= 0.3 is 0 Å². The Morgan fingerprint density at radius 3 is 2.17 bits per heavy atom. The maximum Gasteiger partial charge on any atom is 0.217 e. The van der Waals surface area contributed by atoms with Gasteiger partial charge in [0.2, 0.25) is 5.91 Å². The Morgan fingerprint density at radius 2 is 1.67 bits per heavy atom. The van der Waals surface area contributed by atoms with E-state index in [1.807, 2.05) is 12.1 Å². The van der Waals surface area contributed by atoms with Crippen LogP contribution in [0.2, 0.25) is 0 Å². The lowest BCUT2D eigenvalue weighted by Crippen LogP contribution is -2.28. The maximum atomic E-state index is 11.6. The average molecular weight is 247 g/mol. The van der Waals surface area contributed by atoms with Gasteiger partial charge in [-0.05, 0) is 23.5 Å². The van der Waals surface area contributed by atoms with Gasteiger partial charge in [-0.15, -0.1) is 0 Å². The van der Waals surface area contributed by atoms with Crippen molar-refractivity contribution in [1.29, 1.82) is 0 Å². The van der Waals surface area contributed by atoms with Crippen LogP contribution < -0.4 is 5.32 Å². The Hall–Kier alpha value is -1.64. The summed E-state index contributed by atoms with van der Waals surface area (Å²) < 4.78 is 0. The number of nitrogens with one attached hydrogen (secondary N) is 1. The number of benzene rings is 1. The second-order valence-electron chi connectivity index (χ2n) is 5.04. The number of hydrogen-bond donors (Lipinski definition) is 1. The Labute approximate surface area is 109 Å². The summed E-state index contributed by atoms with van der Waals surface area (Å²) in [5.41, 5.74) is 2.29. The minimum atomic E-state index is -0.171. The van der Waals surface area contributed by atoms with Crippen LogP contribution in [0, 0.1) is 5.92 Å². The first-order chi connectivity index (χ1) is 8.47. The molecule has 18 heavy (non-hydrogen) atoms. The largest absolute Gasteiger partial charge is 0.349 e. The molecule has 0 fully saturated rings. The fraction of sp³-hybridized carbons (Fsp3) is 0.467. The highest BCUT2D eigenvalue weighted by molar-refractivity contribution is 5.86. The predicted octanol–water partition coefficient (Wildman–Crippen LogP) is 2.13. The van der Waals surface area contributed by atoms with Crippen LogP contribution in [0.3, 0.4) is 0 Å². The summed E-state index contributed by atoms with van der Waals surface area (Å²) in [6.07, 6.45) is 1.43. The van der Waals surface area contributed by atoms with Crippen LogP contribution in [-0.2, 0) is 22.4 Å². The summed E-state index contributed by atoms with van der Waals surface area (Å²) in [5.74, 6) is 0.495. The topological polar surface area (TPSA) is 46.2 Å². The Balaban J connectivity index is 2.48. The molecule has 0 aliphatic heterocycles. The number of carbonyl (C=O) groups is 2. The normalized spacial score (nSPS) is 10.4. The third kappa shape index (κ3) is 5.62. The first-order valence-electron chi connectivity index (χ1n) is 6.31. The molecule has 0 unspecified atom stereocenters. The van der Waals surface area contributed by atoms with E-state index >= 15 is 0 Å². The summed E-state index contributed by atoms with van der Waals surface area (Å²) in [6.45, 7) is 5.90. The smallest absolute Gasteiger partial charge is 0.217 e. The van der Waals surface area contributed by atoms with Crippen LogP contribution in [0.25, 0.3) is 0 Å². The van der Waals surface area contributed by atoms with Gasteiger partial charge < -0.3 is 5.32 Å². The number of hydrogen-bond acceptors (Lipinski definition) is 2. The highest BCUT2D eigenvalue weighted by atomic mass is 16.2. The van der Waals surface area contributed by atoms with Crippen LogP contribution in [0.5, 0.6) is 0 Å². The van der Waals surface area contributed by atoms with Crippen LogP contribution in [0.1, 0.15) is 31.9 Å². The van der Waals surface area contributed by atoms with Crippen molar-refractivity contribution >= 4 is 11.7 Å². The molecule has 0 aromatic heterocycles. The zero-order valence-electron chi connectivity index (χ0n) is 11.3. The molecule has 0 aliphatic carbocycles. The molecule has 0 saturated carbocycles. The van der Waals surface area contributed by atoms with Crippen molar-refractivity contribution in [3.8, 4) is 0 Å². The lowest BCUT2D eigenvalue weighted by atomic mass is 10.0. The van der Waals surface area contributed by atoms with Crippen molar-refractivity contribution in [3.05, 3.63) is 35.4 Å². The summed E-state index contributed by atoms with van der Waals surface area (Å²) in [5, 5.41) is 2.51. The zero-order chi connectivity index (χ0) is 13.5. The number of amides is 1. The lowest BCUT2D eigenvalue weighted by Gasteiger charge is -2.06. The van der Waals surface area contributed by atoms with Gasteiger partial charge in [-0.25, -0.2) is 0 Å². The molecular formula is C15H21NO2. The number of carbonyl (C=O) groups excluding carboxylic acids is 2. The molecule has 1 N–H and O–H groups in total. The number of rotatable bonds is 6. The summed E-state index contributed by atoms with van der Waals surface area (Å²) >= 11 is 0. The minimum absolute atomic E-state index is 0.0295. The van der Waals surface area contributed by atoms with Gasteiger partial charge in [0.05, 0.1) is 6.54 Å². The Kier molecular flexibility index (Phi) is 5.56. The second-order valence-corrected chi connectivity index (χ2v) is 5.04. The van der Waals surface area contributed by atoms with Gasteiger partial charge in [0.15, 0.2) is 5.78 Å². The van der Waals surface area contributed by atoms with E-state index in [1.54, 1.807) is 0 Å². The van der Waals surface area contributed by atoms with Crippen LogP contribution >= 0.6 is 0 Å². The zero-order valence-corrected chi connectivity index (χ0v) is 11.3. The quantitative estimate of drug-likeness (QED) is 0.837. The monoisotopic (exact) mass is 247 g/mol. The molecule has 0 atom stereocenters. The lowest BCUT2D eigenvalue weighted by molar-refractivity contribution is -0.123. The van der Waals surface area contributed by atoms with E-state index < -0.39 is 0 Å². The van der Waals surface area contributed by atoms with E-state index in [2.05, 4.69) is 31.3 Å². The van der Waals surface area contributed by atoms with Gasteiger partial charge in [-0.1, -0.05) is 38.1 Å². The molecule has 1 aromatic rings. The van der Waals surface area contributed by atoms with Gasteiger partial charge in [-0.2, -0.15) is 0 Å². The van der Waals surface area contributed by atoms with Crippen molar-refractivity contribution < 1.29 is 9.59 Å². The summed E-state index contributed by atoms with van der Waals surface area (Å²) in [7, 11) is 0. The molecule has 0 radical (unpaired) electrons. The van der Waals surface area contributed by atoms with E-state index in [-0.39, 0.29) is 18.2 Å². The standard InChI is InChI=1S/C15H21NO2/c1-11(2)8-13-4-6-14(7-5-13)9-15(18)10-16-12(3)17/h4-7,11H,8-10H2,1-3H3,(H,16,17). The highest BCUT2D eigenvalue weighted by Gasteiger charge is 2.05. The van der Waals surface area contributed by atoms with E-state index in [0.29, 0.717) is 12.3 Å². The molecule has 1 amide bonds. The first kappa shape index (κ1) is 14.4. The SMILES string of the molecule is CC(=O)NCC(=O)Cc1ccc(CC(C)C)cc1. The number of ketones is 1. The van der Waals surface area contributed by atoms with E-state index in [0.717, 1.165) is 12.0 Å². The first-order valence-corrected chi connectivity index (χ1v) is 6.31. The third-order valence-electron chi connectivity index (χ3n) is 2.60. The molecule has 0 heterocycles. The molecule has 3 nitrogen and oxygen atoms in total. The van der Waals surface area contributed by atoms with E-state index in [9.17, 15) is 9.59 Å². The van der Waals surface area contributed by atoms with Crippen molar-refractivity contribution in [2.45, 2.75) is 33.6 Å². The van der Waals surface area contributed by atoms with Gasteiger partial charge in [-0.3, -0.25) is 9.59 Å². The Morgan fingerprint density at radius 1 is 1.11 bits per heavy atom. The molecular weight excluding hydrogens is 226 g/mol. The van der Waals surface area contributed by atoms with Crippen LogP contribution in [-0.4, -0.2) is 18.2 Å². The molecule has 3 heteroatoms. The van der Waals surface area contributed by atoms with Crippen molar-refractivity contribution in [2.24, 2.45) is 5.92 Å². The Bertz CT molecular complexity index is 407. The van der Waals surface area contributed by atoms with Crippen LogP contribution in [0.15, 0.2) is 24.3 Å². The summed E-state index contributed by atoms with van der Waals surface area (Å²) in [6, 6.07) is 8.12. The maximum absolute atomic E-state index is 11.6. The van der Waals surface area contributed by atoms with Crippen molar-refractivity contribution in [3.63, 3.8) is 0 Å². The second kappa shape index (κ2) is 6.94.